The van der Waals surface area contributed by atoms with Gasteiger partial charge in [-0.3, -0.25) is 0 Å². The first-order valence-corrected chi connectivity index (χ1v) is 13.8. The van der Waals surface area contributed by atoms with Crippen LogP contribution in [-0.2, 0) is 36.0 Å². The zero-order valence-electron chi connectivity index (χ0n) is 26.4. The Hall–Kier alpha value is -3.28. The summed E-state index contributed by atoms with van der Waals surface area (Å²) in [5, 5.41) is 8.86. The molecule has 220 valence electrons. The highest BCUT2D eigenvalue weighted by Gasteiger charge is 2.28. The van der Waals surface area contributed by atoms with Gasteiger partial charge < -0.3 is 19.3 Å². The van der Waals surface area contributed by atoms with Crippen molar-refractivity contribution in [2.24, 2.45) is 0 Å². The van der Waals surface area contributed by atoms with E-state index in [-0.39, 0.29) is 28.3 Å². The molecule has 6 heteroatoms. The summed E-state index contributed by atoms with van der Waals surface area (Å²) >= 11 is 0. The quantitative estimate of drug-likeness (QED) is 0.204. The van der Waals surface area contributed by atoms with Crippen molar-refractivity contribution in [3.8, 4) is 11.5 Å². The van der Waals surface area contributed by atoms with Crippen molar-refractivity contribution < 1.29 is 28.9 Å². The van der Waals surface area contributed by atoms with Gasteiger partial charge in [0.1, 0.15) is 11.5 Å². The maximum absolute atomic E-state index is 12.2. The summed E-state index contributed by atoms with van der Waals surface area (Å²) in [6.07, 6.45) is 0.632. The average molecular weight is 553 g/mol. The number of hydrogen-bond donors (Lipinski definition) is 1. The van der Waals surface area contributed by atoms with Crippen molar-refractivity contribution in [3.05, 3.63) is 70.8 Å². The highest BCUT2D eigenvalue weighted by molar-refractivity contribution is 5.90. The predicted molar refractivity (Wildman–Crippen MR) is 160 cm³/mol. The lowest BCUT2D eigenvalue weighted by molar-refractivity contribution is -0.146. The Morgan fingerprint density at radius 2 is 1.07 bits per heavy atom. The van der Waals surface area contributed by atoms with Crippen molar-refractivity contribution in [2.75, 3.05) is 6.61 Å². The molecule has 0 amide bonds. The van der Waals surface area contributed by atoms with Crippen LogP contribution in [-0.4, -0.2) is 29.9 Å². The summed E-state index contributed by atoms with van der Waals surface area (Å²) in [6, 6.07) is 12.3. The molecule has 1 N–H and O–H groups in total. The van der Waals surface area contributed by atoms with Crippen LogP contribution in [0.3, 0.4) is 0 Å². The first kappa shape index (κ1) is 32.9. The molecule has 6 nitrogen and oxygen atoms in total. The lowest BCUT2D eigenvalue weighted by Gasteiger charge is -2.31. The van der Waals surface area contributed by atoms with E-state index in [1.807, 2.05) is 24.3 Å². The minimum Gasteiger partial charge on any atom is -0.478 e. The fraction of sp³-hybridized carbons (Fsp3) is 0.529. The maximum atomic E-state index is 12.2. The number of esters is 1. The monoisotopic (exact) mass is 552 g/mol. The summed E-state index contributed by atoms with van der Waals surface area (Å²) in [5.41, 5.74) is 3.82. The maximum Gasteiger partial charge on any atom is 0.331 e. The zero-order valence-corrected chi connectivity index (χ0v) is 26.4. The van der Waals surface area contributed by atoms with Crippen LogP contribution in [0.4, 0.5) is 0 Å². The molecule has 2 rings (SSSR count). The molecule has 0 aliphatic carbocycles. The number of carboxylic acid groups (broad SMARTS) is 1. The topological polar surface area (TPSA) is 82.1 Å². The van der Waals surface area contributed by atoms with Crippen LogP contribution in [0.2, 0.25) is 0 Å². The number of carbonyl (C=O) groups excluding carboxylic acids is 1. The third-order valence-corrected chi connectivity index (χ3v) is 6.55. The largest absolute Gasteiger partial charge is 0.478 e. The van der Waals surface area contributed by atoms with Gasteiger partial charge in [0.05, 0.1) is 0 Å². The Morgan fingerprint density at radius 1 is 0.675 bits per heavy atom. The Kier molecular flexibility index (Phi) is 9.94. The van der Waals surface area contributed by atoms with E-state index < -0.39 is 18.2 Å². The number of ether oxygens (including phenoxy) is 3. The third-order valence-electron chi connectivity index (χ3n) is 6.55. The highest BCUT2D eigenvalue weighted by atomic mass is 16.7. The van der Waals surface area contributed by atoms with Crippen LogP contribution in [0.1, 0.15) is 105 Å². The molecule has 2 aromatic carbocycles. The molecule has 0 aliphatic rings. The second-order valence-corrected chi connectivity index (χ2v) is 14.4. The molecule has 0 heterocycles. The van der Waals surface area contributed by atoms with Gasteiger partial charge in [-0.2, -0.15) is 0 Å². The van der Waals surface area contributed by atoms with E-state index in [0.717, 1.165) is 23.3 Å². The molecule has 0 unspecified atom stereocenters. The molecule has 0 fully saturated rings. The van der Waals surface area contributed by atoms with Crippen LogP contribution in [0.15, 0.2) is 48.6 Å². The minimum absolute atomic E-state index is 0.0448. The van der Waals surface area contributed by atoms with E-state index >= 15 is 0 Å². The fourth-order valence-corrected chi connectivity index (χ4v) is 4.08. The smallest absolute Gasteiger partial charge is 0.331 e. The van der Waals surface area contributed by atoms with E-state index in [9.17, 15) is 9.59 Å². The lowest BCUT2D eigenvalue weighted by atomic mass is 9.80. The minimum atomic E-state index is -1.23. The van der Waals surface area contributed by atoms with Crippen molar-refractivity contribution in [1.29, 1.82) is 0 Å². The third kappa shape index (κ3) is 9.42. The molecule has 0 spiro atoms. The second-order valence-electron chi connectivity index (χ2n) is 14.4. The van der Waals surface area contributed by atoms with Crippen LogP contribution in [0.5, 0.6) is 11.5 Å². The van der Waals surface area contributed by atoms with Gasteiger partial charge in [0.25, 0.3) is 6.29 Å². The fourth-order valence-electron chi connectivity index (χ4n) is 4.08. The Morgan fingerprint density at radius 3 is 1.40 bits per heavy atom. The zero-order chi connectivity index (χ0) is 30.7. The Bertz CT molecular complexity index is 1150. The number of benzene rings is 2. The van der Waals surface area contributed by atoms with Gasteiger partial charge in [0.15, 0.2) is 6.61 Å². The molecule has 0 aromatic heterocycles. The van der Waals surface area contributed by atoms with Gasteiger partial charge in [-0.1, -0.05) is 107 Å². The second kappa shape index (κ2) is 12.1. The molecule has 0 aliphatic heterocycles. The number of hydrogen-bond acceptors (Lipinski definition) is 5. The van der Waals surface area contributed by atoms with Crippen LogP contribution in [0.25, 0.3) is 0 Å². The van der Waals surface area contributed by atoms with Crippen molar-refractivity contribution in [3.63, 3.8) is 0 Å². The Balaban J connectivity index is 2.56. The van der Waals surface area contributed by atoms with E-state index in [1.165, 1.54) is 11.1 Å². The standard InChI is InChI=1S/C34H48O6/c1-31(2,3)22-13-15-26(24(19-22)33(7,8)9)39-30(21-38-29(37)18-17-28(35)36)40-27-16-14-23(32(4,5)6)20-25(27)34(10,11)12/h13-20,30H,21H2,1-12H3,(H,35,36). The van der Waals surface area contributed by atoms with Crippen LogP contribution in [0, 0.1) is 0 Å². The molecule has 2 aromatic rings. The summed E-state index contributed by atoms with van der Waals surface area (Å²) in [7, 11) is 0. The number of carboxylic acids is 1. The average Bonchev–Trinajstić information content (AvgIpc) is 2.78. The number of carbonyl (C=O) groups is 2. The van der Waals surface area contributed by atoms with Crippen molar-refractivity contribution in [2.45, 2.75) is 111 Å². The molecule has 40 heavy (non-hydrogen) atoms. The molecule has 0 saturated heterocycles. The molecule has 0 bridgehead atoms. The van der Waals surface area contributed by atoms with Gasteiger partial charge in [0.2, 0.25) is 0 Å². The molecule has 0 radical (unpaired) electrons. The van der Waals surface area contributed by atoms with E-state index in [4.69, 9.17) is 19.3 Å². The van der Waals surface area contributed by atoms with Gasteiger partial charge in [0, 0.05) is 12.2 Å². The number of aliphatic carboxylic acids is 1. The van der Waals surface area contributed by atoms with Gasteiger partial charge >= 0.3 is 11.9 Å². The van der Waals surface area contributed by atoms with Crippen LogP contribution >= 0.6 is 0 Å². The normalized spacial score (nSPS) is 13.0. The molecule has 0 atom stereocenters. The van der Waals surface area contributed by atoms with E-state index in [0.29, 0.717) is 11.5 Å². The highest BCUT2D eigenvalue weighted by Crippen LogP contribution is 2.38. The summed E-state index contributed by atoms with van der Waals surface area (Å²) < 4.78 is 18.3. The predicted octanol–water partition coefficient (Wildman–Crippen LogP) is 7.84. The van der Waals surface area contributed by atoms with Crippen molar-refractivity contribution >= 4 is 11.9 Å². The lowest BCUT2D eigenvalue weighted by Crippen LogP contribution is -2.33. The SMILES string of the molecule is CC(C)(C)c1ccc(OC(COC(=O)C=CC(=O)O)Oc2ccc(C(C)(C)C)cc2C(C)(C)C)c(C(C)(C)C)c1. The first-order chi connectivity index (χ1) is 18.1. The van der Waals surface area contributed by atoms with Crippen molar-refractivity contribution in [1.82, 2.24) is 0 Å². The molecular formula is C34H48O6. The van der Waals surface area contributed by atoms with Gasteiger partial charge in [-0.15, -0.1) is 0 Å². The Labute approximate surface area is 240 Å². The number of rotatable bonds is 8. The van der Waals surface area contributed by atoms with E-state index in [2.05, 4.69) is 95.2 Å². The first-order valence-electron chi connectivity index (χ1n) is 13.8. The van der Waals surface area contributed by atoms with Gasteiger partial charge in [-0.05, 0) is 56.0 Å². The molecule has 0 saturated carbocycles. The summed E-state index contributed by atoms with van der Waals surface area (Å²) in [4.78, 5) is 23.1. The summed E-state index contributed by atoms with van der Waals surface area (Å²) in [5.74, 6) is -0.765. The van der Waals surface area contributed by atoms with E-state index in [1.54, 1.807) is 0 Å². The summed E-state index contributed by atoms with van der Waals surface area (Å²) in [6.45, 7) is 25.5. The molecular weight excluding hydrogens is 504 g/mol. The van der Waals surface area contributed by atoms with Gasteiger partial charge in [-0.25, -0.2) is 9.59 Å². The van der Waals surface area contributed by atoms with Crippen LogP contribution < -0.4 is 9.47 Å².